The van der Waals surface area contributed by atoms with Crippen LogP contribution in [0.2, 0.25) is 5.02 Å². The van der Waals surface area contributed by atoms with Crippen LogP contribution in [0.15, 0.2) is 24.3 Å². The van der Waals surface area contributed by atoms with Crippen LogP contribution >= 0.6 is 11.6 Å². The van der Waals surface area contributed by atoms with Crippen molar-refractivity contribution in [2.75, 3.05) is 0 Å². The number of nitrogens with zero attached hydrogens (tertiary/aromatic N) is 1. The molecule has 21 heavy (non-hydrogen) atoms. The van der Waals surface area contributed by atoms with Gasteiger partial charge in [-0.05, 0) is 37.5 Å². The largest absolute Gasteiger partial charge is 0.319 e. The molecule has 2 unspecified atom stereocenters. The van der Waals surface area contributed by atoms with Crippen LogP contribution in [-0.2, 0) is 4.79 Å². The van der Waals surface area contributed by atoms with Gasteiger partial charge >= 0.3 is 0 Å². The smallest absolute Gasteiger partial charge is 0.241 e. The summed E-state index contributed by atoms with van der Waals surface area (Å²) in [6.07, 6.45) is 7.31. The van der Waals surface area contributed by atoms with E-state index in [0.29, 0.717) is 6.04 Å². The molecule has 1 saturated carbocycles. The lowest BCUT2D eigenvalue weighted by Crippen LogP contribution is -2.39. The summed E-state index contributed by atoms with van der Waals surface area (Å²) in [4.78, 5) is 14.7. The predicted octanol–water partition coefficient (Wildman–Crippen LogP) is 3.88. The summed E-state index contributed by atoms with van der Waals surface area (Å²) in [5.74, 6) is 0.238. The van der Waals surface area contributed by atoms with Crippen molar-refractivity contribution in [2.24, 2.45) is 0 Å². The zero-order chi connectivity index (χ0) is 14.8. The van der Waals surface area contributed by atoms with Crippen molar-refractivity contribution in [3.8, 4) is 0 Å². The second kappa shape index (κ2) is 6.37. The molecule has 1 saturated heterocycles. The molecule has 1 aromatic carbocycles. The van der Waals surface area contributed by atoms with E-state index >= 15 is 0 Å². The Kier molecular flexibility index (Phi) is 4.51. The van der Waals surface area contributed by atoms with E-state index in [1.807, 2.05) is 31.2 Å². The molecule has 114 valence electrons. The van der Waals surface area contributed by atoms with Crippen LogP contribution in [0.5, 0.6) is 0 Å². The Balaban J connectivity index is 1.86. The summed E-state index contributed by atoms with van der Waals surface area (Å²) in [5.41, 5.74) is 1.13. The first-order valence-electron chi connectivity index (χ1n) is 8.00. The molecular formula is C17H23ClN2O. The zero-order valence-corrected chi connectivity index (χ0v) is 13.3. The van der Waals surface area contributed by atoms with Gasteiger partial charge < -0.3 is 4.90 Å². The molecule has 2 fully saturated rings. The third-order valence-electron chi connectivity index (χ3n) is 4.71. The highest BCUT2D eigenvalue weighted by Crippen LogP contribution is 2.33. The summed E-state index contributed by atoms with van der Waals surface area (Å²) >= 11 is 5.98. The van der Waals surface area contributed by atoms with Crippen LogP contribution in [0, 0.1) is 0 Å². The Labute approximate surface area is 131 Å². The maximum Gasteiger partial charge on any atom is 0.241 e. The van der Waals surface area contributed by atoms with Gasteiger partial charge in [0.2, 0.25) is 5.91 Å². The minimum atomic E-state index is -0.103. The van der Waals surface area contributed by atoms with Crippen LogP contribution in [0.25, 0.3) is 0 Å². The lowest BCUT2D eigenvalue weighted by molar-refractivity contribution is -0.132. The molecule has 1 heterocycles. The van der Waals surface area contributed by atoms with Gasteiger partial charge in [-0.25, -0.2) is 0 Å². The van der Waals surface area contributed by atoms with Crippen molar-refractivity contribution in [3.05, 3.63) is 34.9 Å². The van der Waals surface area contributed by atoms with E-state index in [9.17, 15) is 4.79 Å². The topological polar surface area (TPSA) is 32.3 Å². The van der Waals surface area contributed by atoms with Crippen molar-refractivity contribution in [2.45, 2.75) is 63.7 Å². The molecule has 1 aliphatic carbocycles. The van der Waals surface area contributed by atoms with Gasteiger partial charge in [0.25, 0.3) is 0 Å². The standard InChI is InChI=1S/C17H23ClN2O/c1-12-17(21)20(15-6-4-2-3-5-7-15)16(19-12)13-8-10-14(18)11-9-13/h8-12,15-16,19H,2-7H2,1H3. The minimum absolute atomic E-state index is 0.00660. The highest BCUT2D eigenvalue weighted by molar-refractivity contribution is 6.30. The fourth-order valence-corrected chi connectivity index (χ4v) is 3.69. The van der Waals surface area contributed by atoms with Crippen molar-refractivity contribution in [3.63, 3.8) is 0 Å². The van der Waals surface area contributed by atoms with E-state index in [2.05, 4.69) is 10.2 Å². The van der Waals surface area contributed by atoms with Crippen LogP contribution < -0.4 is 5.32 Å². The van der Waals surface area contributed by atoms with Gasteiger partial charge in [-0.3, -0.25) is 10.1 Å². The van der Waals surface area contributed by atoms with E-state index in [0.717, 1.165) is 23.4 Å². The van der Waals surface area contributed by atoms with E-state index in [1.54, 1.807) is 0 Å². The average molecular weight is 307 g/mol. The number of halogens is 1. The molecule has 1 amide bonds. The monoisotopic (exact) mass is 306 g/mol. The van der Waals surface area contributed by atoms with Gasteiger partial charge in [-0.1, -0.05) is 49.4 Å². The molecule has 2 atom stereocenters. The van der Waals surface area contributed by atoms with Crippen molar-refractivity contribution in [1.82, 2.24) is 10.2 Å². The first-order chi connectivity index (χ1) is 10.2. The highest BCUT2D eigenvalue weighted by atomic mass is 35.5. The summed E-state index contributed by atoms with van der Waals surface area (Å²) in [6.45, 7) is 1.96. The van der Waals surface area contributed by atoms with Gasteiger partial charge in [0.05, 0.1) is 6.04 Å². The third kappa shape index (κ3) is 3.09. The normalized spacial score (nSPS) is 27.9. The molecule has 1 aliphatic heterocycles. The second-order valence-corrected chi connectivity index (χ2v) is 6.67. The van der Waals surface area contributed by atoms with E-state index in [1.165, 1.54) is 25.7 Å². The number of carbonyl (C=O) groups is 1. The molecule has 1 N–H and O–H groups in total. The fourth-order valence-electron chi connectivity index (χ4n) is 3.57. The molecule has 1 aromatic rings. The third-order valence-corrected chi connectivity index (χ3v) is 4.97. The number of rotatable bonds is 2. The van der Waals surface area contributed by atoms with Crippen LogP contribution in [-0.4, -0.2) is 22.9 Å². The van der Waals surface area contributed by atoms with Gasteiger partial charge in [-0.2, -0.15) is 0 Å². The summed E-state index contributed by atoms with van der Waals surface area (Å²) < 4.78 is 0. The molecule has 0 radical (unpaired) electrons. The SMILES string of the molecule is CC1NC(c2ccc(Cl)cc2)N(C2CCCCCC2)C1=O. The summed E-state index contributed by atoms with van der Waals surface area (Å²) in [5, 5.41) is 4.17. The summed E-state index contributed by atoms with van der Waals surface area (Å²) in [6, 6.07) is 8.12. The maximum absolute atomic E-state index is 12.6. The number of nitrogens with one attached hydrogen (secondary N) is 1. The Hall–Kier alpha value is -1.06. The first-order valence-corrected chi connectivity index (χ1v) is 8.38. The molecule has 3 nitrogen and oxygen atoms in total. The van der Waals surface area contributed by atoms with E-state index in [4.69, 9.17) is 11.6 Å². The molecule has 3 rings (SSSR count). The van der Waals surface area contributed by atoms with Crippen molar-refractivity contribution >= 4 is 17.5 Å². The van der Waals surface area contributed by atoms with Crippen LogP contribution in [0.1, 0.15) is 57.2 Å². The van der Waals surface area contributed by atoms with Gasteiger partial charge in [0.15, 0.2) is 0 Å². The first kappa shape index (κ1) is 14.9. The number of hydrogen-bond donors (Lipinski definition) is 1. The molecular weight excluding hydrogens is 284 g/mol. The van der Waals surface area contributed by atoms with Crippen LogP contribution in [0.3, 0.4) is 0 Å². The van der Waals surface area contributed by atoms with Gasteiger partial charge in [0.1, 0.15) is 6.17 Å². The van der Waals surface area contributed by atoms with Crippen molar-refractivity contribution < 1.29 is 4.79 Å². The zero-order valence-electron chi connectivity index (χ0n) is 12.5. The average Bonchev–Trinajstić information content (AvgIpc) is 2.69. The Morgan fingerprint density at radius 1 is 1.10 bits per heavy atom. The Bertz CT molecular complexity index is 494. The van der Waals surface area contributed by atoms with E-state index < -0.39 is 0 Å². The minimum Gasteiger partial charge on any atom is -0.319 e. The molecule has 4 heteroatoms. The number of benzene rings is 1. The van der Waals surface area contributed by atoms with Crippen LogP contribution in [0.4, 0.5) is 0 Å². The molecule has 0 bridgehead atoms. The van der Waals surface area contributed by atoms with Crippen molar-refractivity contribution in [1.29, 1.82) is 0 Å². The van der Waals surface area contributed by atoms with E-state index in [-0.39, 0.29) is 18.1 Å². The lowest BCUT2D eigenvalue weighted by Gasteiger charge is -2.32. The number of amides is 1. The maximum atomic E-state index is 12.6. The number of hydrogen-bond acceptors (Lipinski definition) is 2. The molecule has 2 aliphatic rings. The Morgan fingerprint density at radius 3 is 2.33 bits per heavy atom. The Morgan fingerprint density at radius 2 is 1.71 bits per heavy atom. The fraction of sp³-hybridized carbons (Fsp3) is 0.588. The highest BCUT2D eigenvalue weighted by Gasteiger charge is 2.40. The quantitative estimate of drug-likeness (QED) is 0.841. The number of carbonyl (C=O) groups excluding carboxylic acids is 1. The second-order valence-electron chi connectivity index (χ2n) is 6.23. The lowest BCUT2D eigenvalue weighted by atomic mass is 10.0. The van der Waals surface area contributed by atoms with Gasteiger partial charge in [0, 0.05) is 11.1 Å². The summed E-state index contributed by atoms with van der Waals surface area (Å²) in [7, 11) is 0. The molecule has 0 spiro atoms. The van der Waals surface area contributed by atoms with Gasteiger partial charge in [-0.15, -0.1) is 0 Å². The predicted molar refractivity (Wildman–Crippen MR) is 85.1 cm³/mol. The molecule has 0 aromatic heterocycles.